The van der Waals surface area contributed by atoms with Crippen LogP contribution in [0.5, 0.6) is 17.2 Å². The first kappa shape index (κ1) is 22.6. The van der Waals surface area contributed by atoms with E-state index in [1.54, 1.807) is 19.4 Å². The summed E-state index contributed by atoms with van der Waals surface area (Å²) in [6.07, 6.45) is 3.38. The number of furan rings is 1. The smallest absolute Gasteiger partial charge is 0.244 e. The van der Waals surface area contributed by atoms with Crippen molar-refractivity contribution in [3.05, 3.63) is 83.1 Å². The molecule has 0 unspecified atom stereocenters. The molecule has 1 aliphatic rings. The van der Waals surface area contributed by atoms with Gasteiger partial charge in [-0.3, -0.25) is 4.79 Å². The van der Waals surface area contributed by atoms with E-state index in [1.165, 1.54) is 5.56 Å². The minimum absolute atomic E-state index is 0.189. The number of benzene rings is 3. The standard InChI is InChI=1S/C29H27NO5/c1-17-5-8-21(9-6-17)24-15-33-29-19(3)28(32-4)22(13-23(24)29)18(2)11-27(31)30-14-20-7-10-25-26(12-20)35-16-34-25/h5-13,15H,14,16H2,1-4H3,(H,30,31)/b18-11+. The molecule has 0 saturated heterocycles. The van der Waals surface area contributed by atoms with E-state index in [4.69, 9.17) is 18.6 Å². The topological polar surface area (TPSA) is 69.9 Å². The summed E-state index contributed by atoms with van der Waals surface area (Å²) in [5.74, 6) is 1.92. The van der Waals surface area contributed by atoms with Crippen LogP contribution in [-0.2, 0) is 11.3 Å². The third kappa shape index (κ3) is 4.35. The summed E-state index contributed by atoms with van der Waals surface area (Å²) in [7, 11) is 1.63. The third-order valence-corrected chi connectivity index (χ3v) is 6.29. The fraction of sp³-hybridized carbons (Fsp3) is 0.207. The van der Waals surface area contributed by atoms with Crippen LogP contribution < -0.4 is 19.5 Å². The van der Waals surface area contributed by atoms with E-state index in [1.807, 2.05) is 38.1 Å². The molecule has 0 bridgehead atoms. The molecule has 1 N–H and O–H groups in total. The van der Waals surface area contributed by atoms with Crippen molar-refractivity contribution in [2.24, 2.45) is 0 Å². The zero-order valence-electron chi connectivity index (χ0n) is 20.2. The molecule has 0 aliphatic carbocycles. The summed E-state index contributed by atoms with van der Waals surface area (Å²) in [4.78, 5) is 12.7. The number of fused-ring (bicyclic) bond motifs is 2. The summed E-state index contributed by atoms with van der Waals surface area (Å²) in [6.45, 7) is 6.56. The Bertz CT molecular complexity index is 1450. The number of rotatable bonds is 6. The SMILES string of the molecule is COc1c(/C(C)=C/C(=O)NCc2ccc3c(c2)OCO3)cc2c(-c3ccc(C)cc3)coc2c1C. The molecule has 5 rings (SSSR count). The van der Waals surface area contributed by atoms with Crippen LogP contribution in [0.15, 0.2) is 65.3 Å². The lowest BCUT2D eigenvalue weighted by atomic mass is 9.96. The molecule has 1 aromatic heterocycles. The molecular weight excluding hydrogens is 442 g/mol. The minimum Gasteiger partial charge on any atom is -0.496 e. The van der Waals surface area contributed by atoms with E-state index >= 15 is 0 Å². The summed E-state index contributed by atoms with van der Waals surface area (Å²) < 4.78 is 22.4. The molecule has 178 valence electrons. The van der Waals surface area contributed by atoms with Crippen molar-refractivity contribution < 1.29 is 23.4 Å². The zero-order chi connectivity index (χ0) is 24.5. The van der Waals surface area contributed by atoms with Gasteiger partial charge in [0, 0.05) is 34.7 Å². The van der Waals surface area contributed by atoms with E-state index in [2.05, 4.69) is 36.5 Å². The first-order valence-corrected chi connectivity index (χ1v) is 11.5. The van der Waals surface area contributed by atoms with Gasteiger partial charge in [0.1, 0.15) is 11.3 Å². The number of carbonyl (C=O) groups is 1. The van der Waals surface area contributed by atoms with Crippen LogP contribution >= 0.6 is 0 Å². The van der Waals surface area contributed by atoms with E-state index in [0.717, 1.165) is 50.1 Å². The Morgan fingerprint density at radius 2 is 1.83 bits per heavy atom. The molecule has 2 heterocycles. The van der Waals surface area contributed by atoms with Crippen LogP contribution in [0.1, 0.15) is 29.2 Å². The fourth-order valence-electron chi connectivity index (χ4n) is 4.39. The number of amides is 1. The second-order valence-corrected chi connectivity index (χ2v) is 8.71. The highest BCUT2D eigenvalue weighted by Crippen LogP contribution is 2.40. The van der Waals surface area contributed by atoms with Crippen molar-refractivity contribution in [2.45, 2.75) is 27.3 Å². The van der Waals surface area contributed by atoms with Gasteiger partial charge in [0.05, 0.1) is 13.4 Å². The Morgan fingerprint density at radius 3 is 2.60 bits per heavy atom. The first-order chi connectivity index (χ1) is 16.9. The largest absolute Gasteiger partial charge is 0.496 e. The number of allylic oxidation sites excluding steroid dienone is 1. The van der Waals surface area contributed by atoms with Gasteiger partial charge < -0.3 is 23.9 Å². The van der Waals surface area contributed by atoms with Gasteiger partial charge in [0.2, 0.25) is 12.7 Å². The molecular formula is C29H27NO5. The lowest BCUT2D eigenvalue weighted by Gasteiger charge is -2.13. The monoisotopic (exact) mass is 469 g/mol. The molecule has 1 aliphatic heterocycles. The third-order valence-electron chi connectivity index (χ3n) is 6.29. The Hall–Kier alpha value is -4.19. The molecule has 6 nitrogen and oxygen atoms in total. The summed E-state index contributed by atoms with van der Waals surface area (Å²) >= 11 is 0. The number of hydrogen-bond donors (Lipinski definition) is 1. The fourth-order valence-corrected chi connectivity index (χ4v) is 4.39. The van der Waals surface area contributed by atoms with E-state index in [0.29, 0.717) is 18.0 Å². The molecule has 1 amide bonds. The number of ether oxygens (including phenoxy) is 3. The van der Waals surface area contributed by atoms with Gasteiger partial charge in [-0.15, -0.1) is 0 Å². The average Bonchev–Trinajstić information content (AvgIpc) is 3.50. The predicted octanol–water partition coefficient (Wildman–Crippen LogP) is 6.17. The number of nitrogens with one attached hydrogen (secondary N) is 1. The van der Waals surface area contributed by atoms with Crippen molar-refractivity contribution in [2.75, 3.05) is 13.9 Å². The normalized spacial score (nSPS) is 12.7. The van der Waals surface area contributed by atoms with Crippen LogP contribution in [0.4, 0.5) is 0 Å². The van der Waals surface area contributed by atoms with Crippen LogP contribution in [-0.4, -0.2) is 19.8 Å². The molecule has 6 heteroatoms. The summed E-state index contributed by atoms with van der Waals surface area (Å²) in [5, 5.41) is 3.93. The Balaban J connectivity index is 1.43. The van der Waals surface area contributed by atoms with Gasteiger partial charge in [-0.05, 0) is 55.7 Å². The second kappa shape index (κ2) is 9.22. The Kier molecular flexibility index (Phi) is 5.95. The van der Waals surface area contributed by atoms with Crippen LogP contribution in [0.2, 0.25) is 0 Å². The lowest BCUT2D eigenvalue weighted by molar-refractivity contribution is -0.116. The number of aryl methyl sites for hydroxylation is 2. The van der Waals surface area contributed by atoms with Gasteiger partial charge in [-0.25, -0.2) is 0 Å². The van der Waals surface area contributed by atoms with Gasteiger partial charge in [0.15, 0.2) is 11.5 Å². The van der Waals surface area contributed by atoms with Crippen LogP contribution in [0, 0.1) is 13.8 Å². The van der Waals surface area contributed by atoms with Gasteiger partial charge in [0.25, 0.3) is 0 Å². The number of methoxy groups -OCH3 is 1. The lowest BCUT2D eigenvalue weighted by Crippen LogP contribution is -2.20. The highest BCUT2D eigenvalue weighted by Gasteiger charge is 2.19. The molecule has 0 radical (unpaired) electrons. The molecule has 0 saturated carbocycles. The minimum atomic E-state index is -0.189. The van der Waals surface area contributed by atoms with Gasteiger partial charge in [-0.2, -0.15) is 0 Å². The van der Waals surface area contributed by atoms with E-state index < -0.39 is 0 Å². The second-order valence-electron chi connectivity index (χ2n) is 8.71. The average molecular weight is 470 g/mol. The van der Waals surface area contributed by atoms with Crippen molar-refractivity contribution in [1.29, 1.82) is 0 Å². The highest BCUT2D eigenvalue weighted by atomic mass is 16.7. The first-order valence-electron chi connectivity index (χ1n) is 11.5. The van der Waals surface area contributed by atoms with Crippen molar-refractivity contribution in [3.8, 4) is 28.4 Å². The maximum atomic E-state index is 12.7. The molecule has 35 heavy (non-hydrogen) atoms. The predicted molar refractivity (Wildman–Crippen MR) is 136 cm³/mol. The van der Waals surface area contributed by atoms with E-state index in [9.17, 15) is 4.79 Å². The molecule has 0 fully saturated rings. The quantitative estimate of drug-likeness (QED) is 0.342. The van der Waals surface area contributed by atoms with Crippen molar-refractivity contribution in [1.82, 2.24) is 5.32 Å². The molecule has 0 spiro atoms. The summed E-state index contributed by atoms with van der Waals surface area (Å²) in [5.41, 5.74) is 7.54. The highest BCUT2D eigenvalue weighted by molar-refractivity contribution is 6.01. The number of hydrogen-bond acceptors (Lipinski definition) is 5. The zero-order valence-corrected chi connectivity index (χ0v) is 20.2. The maximum Gasteiger partial charge on any atom is 0.244 e. The molecule has 0 atom stereocenters. The Labute approximate surface area is 204 Å². The maximum absolute atomic E-state index is 12.7. The summed E-state index contributed by atoms with van der Waals surface area (Å²) in [6, 6.07) is 16.0. The van der Waals surface area contributed by atoms with Crippen molar-refractivity contribution in [3.63, 3.8) is 0 Å². The van der Waals surface area contributed by atoms with Crippen LogP contribution in [0.3, 0.4) is 0 Å². The van der Waals surface area contributed by atoms with Gasteiger partial charge >= 0.3 is 0 Å². The Morgan fingerprint density at radius 1 is 1.06 bits per heavy atom. The van der Waals surface area contributed by atoms with Gasteiger partial charge in [-0.1, -0.05) is 35.9 Å². The van der Waals surface area contributed by atoms with E-state index in [-0.39, 0.29) is 12.7 Å². The number of carbonyl (C=O) groups excluding carboxylic acids is 1. The van der Waals surface area contributed by atoms with Crippen molar-refractivity contribution >= 4 is 22.4 Å². The molecule has 4 aromatic rings. The van der Waals surface area contributed by atoms with Crippen LogP contribution in [0.25, 0.3) is 27.7 Å². The molecule has 3 aromatic carbocycles.